The molecule has 1 atom stereocenters. The monoisotopic (exact) mass is 354 g/mol. The van der Waals surface area contributed by atoms with Crippen LogP contribution in [-0.4, -0.2) is 29.4 Å². The van der Waals surface area contributed by atoms with E-state index in [2.05, 4.69) is 10.6 Å². The number of benzene rings is 2. The number of carbonyl (C=O) groups excluding carboxylic acids is 2. The van der Waals surface area contributed by atoms with Crippen LogP contribution < -0.4 is 10.6 Å². The van der Waals surface area contributed by atoms with Crippen LogP contribution >= 0.6 is 0 Å². The Hall–Kier alpha value is -3.15. The maximum Gasteiger partial charge on any atom is 0.308 e. The maximum absolute atomic E-state index is 12.2. The Kier molecular flexibility index (Phi) is 6.91. The van der Waals surface area contributed by atoms with Gasteiger partial charge in [-0.1, -0.05) is 31.5 Å². The van der Waals surface area contributed by atoms with Crippen molar-refractivity contribution >= 4 is 23.5 Å². The van der Waals surface area contributed by atoms with E-state index in [1.54, 1.807) is 36.4 Å². The van der Waals surface area contributed by atoms with Crippen LogP contribution in [0.15, 0.2) is 54.6 Å². The second kappa shape index (κ2) is 9.36. The van der Waals surface area contributed by atoms with Crippen LogP contribution in [0.5, 0.6) is 0 Å². The average molecular weight is 354 g/mol. The average Bonchev–Trinajstić information content (AvgIpc) is 2.65. The van der Waals surface area contributed by atoms with Crippen LogP contribution in [0.4, 0.5) is 5.69 Å². The summed E-state index contributed by atoms with van der Waals surface area (Å²) in [4.78, 5) is 35.4. The summed E-state index contributed by atoms with van der Waals surface area (Å²) in [5.41, 5.74) is 1.50. The largest absolute Gasteiger partial charge is 0.481 e. The minimum Gasteiger partial charge on any atom is -0.481 e. The van der Waals surface area contributed by atoms with Gasteiger partial charge in [-0.15, -0.1) is 0 Å². The fourth-order valence-electron chi connectivity index (χ4n) is 2.48. The van der Waals surface area contributed by atoms with Gasteiger partial charge in [0.15, 0.2) is 0 Å². The number of rotatable bonds is 8. The summed E-state index contributed by atoms with van der Waals surface area (Å²) in [6, 6.07) is 15.3. The molecule has 2 aromatic rings. The van der Waals surface area contributed by atoms with E-state index in [0.29, 0.717) is 23.2 Å². The van der Waals surface area contributed by atoms with E-state index in [1.807, 2.05) is 25.1 Å². The number of aliphatic carboxylic acids is 1. The van der Waals surface area contributed by atoms with Crippen molar-refractivity contribution in [3.8, 4) is 0 Å². The lowest BCUT2D eigenvalue weighted by atomic mass is 10.0. The zero-order chi connectivity index (χ0) is 18.9. The van der Waals surface area contributed by atoms with E-state index in [4.69, 9.17) is 5.11 Å². The molecule has 0 saturated carbocycles. The van der Waals surface area contributed by atoms with Gasteiger partial charge in [0.05, 0.1) is 5.92 Å². The minimum atomic E-state index is -0.917. The highest BCUT2D eigenvalue weighted by Gasteiger charge is 2.17. The van der Waals surface area contributed by atoms with Gasteiger partial charge in [0.2, 0.25) is 0 Å². The third-order valence-corrected chi connectivity index (χ3v) is 3.94. The molecular formula is C20H22N2O4. The van der Waals surface area contributed by atoms with Crippen molar-refractivity contribution in [1.82, 2.24) is 5.32 Å². The van der Waals surface area contributed by atoms with Crippen molar-refractivity contribution in [3.05, 3.63) is 65.7 Å². The number of nitrogens with one attached hydrogen (secondary N) is 2. The Morgan fingerprint density at radius 1 is 0.923 bits per heavy atom. The summed E-state index contributed by atoms with van der Waals surface area (Å²) in [6.07, 6.45) is 1.24. The molecule has 0 aliphatic rings. The van der Waals surface area contributed by atoms with Gasteiger partial charge in [0.25, 0.3) is 11.8 Å². The SMILES string of the molecule is CCCC(CNC(=O)c1ccc(C(=O)Nc2ccccc2)cc1)C(=O)O. The zero-order valence-corrected chi connectivity index (χ0v) is 14.6. The molecule has 0 aromatic heterocycles. The first-order valence-corrected chi connectivity index (χ1v) is 8.48. The predicted molar refractivity (Wildman–Crippen MR) is 99.2 cm³/mol. The second-order valence-electron chi connectivity index (χ2n) is 5.93. The van der Waals surface area contributed by atoms with Gasteiger partial charge in [-0.2, -0.15) is 0 Å². The molecule has 3 N–H and O–H groups in total. The summed E-state index contributed by atoms with van der Waals surface area (Å²) < 4.78 is 0. The summed E-state index contributed by atoms with van der Waals surface area (Å²) in [7, 11) is 0. The molecule has 0 aliphatic heterocycles. The highest BCUT2D eigenvalue weighted by molar-refractivity contribution is 6.05. The number of carboxylic acids is 1. The van der Waals surface area contributed by atoms with Gasteiger partial charge in [-0.05, 0) is 42.8 Å². The molecule has 0 heterocycles. The van der Waals surface area contributed by atoms with Crippen molar-refractivity contribution in [2.75, 3.05) is 11.9 Å². The van der Waals surface area contributed by atoms with Crippen molar-refractivity contribution in [2.45, 2.75) is 19.8 Å². The number of hydrogen-bond donors (Lipinski definition) is 3. The smallest absolute Gasteiger partial charge is 0.308 e. The minimum absolute atomic E-state index is 0.0816. The molecule has 0 radical (unpaired) electrons. The van der Waals surface area contributed by atoms with E-state index in [9.17, 15) is 14.4 Å². The van der Waals surface area contributed by atoms with E-state index in [0.717, 1.165) is 6.42 Å². The Morgan fingerprint density at radius 2 is 1.50 bits per heavy atom. The Bertz CT molecular complexity index is 757. The molecule has 1 unspecified atom stereocenters. The van der Waals surface area contributed by atoms with E-state index in [1.165, 1.54) is 0 Å². The number of carbonyl (C=O) groups is 3. The molecule has 6 heteroatoms. The molecule has 2 rings (SSSR count). The predicted octanol–water partition coefficient (Wildman–Crippen LogP) is 3.17. The van der Waals surface area contributed by atoms with Crippen LogP contribution in [0.1, 0.15) is 40.5 Å². The Morgan fingerprint density at radius 3 is 2.04 bits per heavy atom. The van der Waals surface area contributed by atoms with Crippen molar-refractivity contribution in [1.29, 1.82) is 0 Å². The molecule has 2 amide bonds. The van der Waals surface area contributed by atoms with E-state index < -0.39 is 11.9 Å². The van der Waals surface area contributed by atoms with Crippen molar-refractivity contribution in [2.24, 2.45) is 5.92 Å². The first-order valence-electron chi connectivity index (χ1n) is 8.48. The third-order valence-electron chi connectivity index (χ3n) is 3.94. The molecule has 0 saturated heterocycles. The molecular weight excluding hydrogens is 332 g/mol. The van der Waals surface area contributed by atoms with Crippen LogP contribution in [-0.2, 0) is 4.79 Å². The lowest BCUT2D eigenvalue weighted by molar-refractivity contribution is -0.141. The molecule has 0 bridgehead atoms. The van der Waals surface area contributed by atoms with Crippen LogP contribution in [0.25, 0.3) is 0 Å². The molecule has 2 aromatic carbocycles. The zero-order valence-electron chi connectivity index (χ0n) is 14.6. The topological polar surface area (TPSA) is 95.5 Å². The summed E-state index contributed by atoms with van der Waals surface area (Å²) in [6.45, 7) is 1.98. The van der Waals surface area contributed by atoms with Gasteiger partial charge in [-0.25, -0.2) is 0 Å². The number of para-hydroxylation sites is 1. The number of carboxylic acid groups (broad SMARTS) is 1. The van der Waals surface area contributed by atoms with Crippen LogP contribution in [0.2, 0.25) is 0 Å². The summed E-state index contributed by atoms with van der Waals surface area (Å²) in [5.74, 6) is -2.14. The number of hydrogen-bond acceptors (Lipinski definition) is 3. The number of amides is 2. The third kappa shape index (κ3) is 5.44. The Balaban J connectivity index is 1.94. The summed E-state index contributed by atoms with van der Waals surface area (Å²) in [5, 5.41) is 14.5. The fraction of sp³-hybridized carbons (Fsp3) is 0.250. The molecule has 0 spiro atoms. The quantitative estimate of drug-likeness (QED) is 0.678. The fourth-order valence-corrected chi connectivity index (χ4v) is 2.48. The van der Waals surface area contributed by atoms with E-state index in [-0.39, 0.29) is 18.4 Å². The molecule has 0 aliphatic carbocycles. The lowest BCUT2D eigenvalue weighted by Crippen LogP contribution is -2.32. The molecule has 136 valence electrons. The van der Waals surface area contributed by atoms with Gasteiger partial charge in [0.1, 0.15) is 0 Å². The molecule has 6 nitrogen and oxygen atoms in total. The second-order valence-corrected chi connectivity index (χ2v) is 5.93. The summed E-state index contributed by atoms with van der Waals surface area (Å²) >= 11 is 0. The van der Waals surface area contributed by atoms with Gasteiger partial charge in [0, 0.05) is 23.4 Å². The first kappa shape index (κ1) is 19.2. The van der Waals surface area contributed by atoms with E-state index >= 15 is 0 Å². The standard InChI is InChI=1S/C20H22N2O4/c1-2-6-16(20(25)26)13-21-18(23)14-9-11-15(12-10-14)19(24)22-17-7-4-3-5-8-17/h3-5,7-12,16H,2,6,13H2,1H3,(H,21,23)(H,22,24)(H,25,26). The maximum atomic E-state index is 12.2. The van der Waals surface area contributed by atoms with Gasteiger partial charge >= 0.3 is 5.97 Å². The van der Waals surface area contributed by atoms with Gasteiger partial charge in [-0.3, -0.25) is 14.4 Å². The molecule has 26 heavy (non-hydrogen) atoms. The van der Waals surface area contributed by atoms with Crippen LogP contribution in [0.3, 0.4) is 0 Å². The Labute approximate surface area is 152 Å². The highest BCUT2D eigenvalue weighted by atomic mass is 16.4. The van der Waals surface area contributed by atoms with Crippen LogP contribution in [0, 0.1) is 5.92 Å². The lowest BCUT2D eigenvalue weighted by Gasteiger charge is -2.12. The number of anilines is 1. The van der Waals surface area contributed by atoms with Crippen molar-refractivity contribution < 1.29 is 19.5 Å². The van der Waals surface area contributed by atoms with Gasteiger partial charge < -0.3 is 15.7 Å². The first-order chi connectivity index (χ1) is 12.5. The van der Waals surface area contributed by atoms with Crippen molar-refractivity contribution in [3.63, 3.8) is 0 Å². The molecule has 0 fully saturated rings. The highest BCUT2D eigenvalue weighted by Crippen LogP contribution is 2.11. The normalized spacial score (nSPS) is 11.4.